The van der Waals surface area contributed by atoms with Gasteiger partial charge < -0.3 is 9.73 Å². The normalized spacial score (nSPS) is 25.5. The molecule has 5 rings (SSSR count). The average molecular weight is 425 g/mol. The first-order valence-corrected chi connectivity index (χ1v) is 9.96. The molecule has 0 aliphatic carbocycles. The predicted molar refractivity (Wildman–Crippen MR) is 110 cm³/mol. The molecule has 7 heteroatoms. The molecule has 1 aromatic heterocycles. The van der Waals surface area contributed by atoms with Crippen molar-refractivity contribution in [3.8, 4) is 0 Å². The minimum atomic E-state index is -1.25. The van der Waals surface area contributed by atoms with Gasteiger partial charge in [-0.2, -0.15) is 0 Å². The van der Waals surface area contributed by atoms with Crippen molar-refractivity contribution in [3.05, 3.63) is 88.6 Å². The molecule has 0 unspecified atom stereocenters. The van der Waals surface area contributed by atoms with Crippen molar-refractivity contribution in [1.29, 1.82) is 0 Å². The maximum Gasteiger partial charge on any atom is 0.250 e. The summed E-state index contributed by atoms with van der Waals surface area (Å²) in [7, 11) is 1.82. The highest BCUT2D eigenvalue weighted by Crippen LogP contribution is 2.56. The van der Waals surface area contributed by atoms with Gasteiger partial charge in [-0.1, -0.05) is 23.7 Å². The Labute approximate surface area is 177 Å². The minimum Gasteiger partial charge on any atom is -0.461 e. The van der Waals surface area contributed by atoms with Crippen LogP contribution in [-0.4, -0.2) is 30.2 Å². The van der Waals surface area contributed by atoms with E-state index in [1.165, 1.54) is 18.4 Å². The van der Waals surface area contributed by atoms with Crippen LogP contribution in [-0.2, 0) is 10.3 Å². The molecule has 5 nitrogen and oxygen atoms in total. The van der Waals surface area contributed by atoms with Crippen molar-refractivity contribution >= 4 is 29.0 Å². The number of rotatable bonds is 3. The zero-order valence-electron chi connectivity index (χ0n) is 16.1. The summed E-state index contributed by atoms with van der Waals surface area (Å²) in [5, 5.41) is 3.40. The molecule has 0 bridgehead atoms. The Hall–Kier alpha value is -2.96. The molecule has 1 saturated heterocycles. The van der Waals surface area contributed by atoms with Gasteiger partial charge in [0, 0.05) is 28.7 Å². The van der Waals surface area contributed by atoms with Gasteiger partial charge in [0.05, 0.1) is 12.2 Å². The van der Waals surface area contributed by atoms with Crippen molar-refractivity contribution < 1.29 is 18.4 Å². The third-order valence-electron chi connectivity index (χ3n) is 6.26. The van der Waals surface area contributed by atoms with Crippen molar-refractivity contribution in [2.24, 2.45) is 5.92 Å². The molecular weight excluding hydrogens is 407 g/mol. The maximum atomic E-state index is 13.7. The van der Waals surface area contributed by atoms with Crippen LogP contribution >= 0.6 is 11.6 Å². The standard InChI is InChI=1S/C23H18ClFN2O3/c1-27-12-16(13-4-7-15(25)8-5-13)20(21(28)19-3-2-10-30-19)23(27)17-11-14(24)6-9-18(17)26-22(23)29/h2-11,16,20H,12H2,1H3,(H,26,29)/t16-,20-,23-/m1/s1. The van der Waals surface area contributed by atoms with Crippen LogP contribution in [0.25, 0.3) is 0 Å². The van der Waals surface area contributed by atoms with Crippen LogP contribution in [0.3, 0.4) is 0 Å². The summed E-state index contributed by atoms with van der Waals surface area (Å²) in [5.74, 6) is -1.85. The largest absolute Gasteiger partial charge is 0.461 e. The van der Waals surface area contributed by atoms with E-state index in [0.29, 0.717) is 22.8 Å². The molecule has 1 N–H and O–H groups in total. The van der Waals surface area contributed by atoms with Crippen LogP contribution in [0, 0.1) is 11.7 Å². The molecule has 3 heterocycles. The fraction of sp³-hybridized carbons (Fsp3) is 0.217. The number of anilines is 1. The number of likely N-dealkylation sites (tertiary alicyclic amines) is 1. The van der Waals surface area contributed by atoms with Crippen LogP contribution in [0.4, 0.5) is 10.1 Å². The van der Waals surface area contributed by atoms with Gasteiger partial charge in [0.2, 0.25) is 11.7 Å². The molecule has 0 radical (unpaired) electrons. The van der Waals surface area contributed by atoms with Gasteiger partial charge in [-0.15, -0.1) is 0 Å². The number of nitrogens with zero attached hydrogens (tertiary/aromatic N) is 1. The second kappa shape index (κ2) is 6.79. The lowest BCUT2D eigenvalue weighted by Crippen LogP contribution is -2.51. The Balaban J connectivity index is 1.74. The maximum absolute atomic E-state index is 13.7. The van der Waals surface area contributed by atoms with Crippen molar-refractivity contribution in [2.75, 3.05) is 18.9 Å². The number of hydrogen-bond acceptors (Lipinski definition) is 4. The van der Waals surface area contributed by atoms with E-state index in [0.717, 1.165) is 5.56 Å². The Kier molecular flexibility index (Phi) is 4.31. The Morgan fingerprint density at radius 2 is 2.00 bits per heavy atom. The molecule has 152 valence electrons. The van der Waals surface area contributed by atoms with Gasteiger partial charge in [0.25, 0.3) is 0 Å². The number of benzene rings is 2. The Morgan fingerprint density at radius 1 is 1.23 bits per heavy atom. The van der Waals surface area contributed by atoms with Crippen LogP contribution in [0.5, 0.6) is 0 Å². The summed E-state index contributed by atoms with van der Waals surface area (Å²) in [6.07, 6.45) is 1.44. The van der Waals surface area contributed by atoms with Gasteiger partial charge in [-0.25, -0.2) is 4.39 Å². The lowest BCUT2D eigenvalue weighted by Gasteiger charge is -2.35. The monoisotopic (exact) mass is 424 g/mol. The highest BCUT2D eigenvalue weighted by molar-refractivity contribution is 6.31. The van der Waals surface area contributed by atoms with Gasteiger partial charge in [0.1, 0.15) is 11.4 Å². The fourth-order valence-electron chi connectivity index (χ4n) is 4.99. The van der Waals surface area contributed by atoms with E-state index in [1.807, 2.05) is 11.9 Å². The third kappa shape index (κ3) is 2.57. The lowest BCUT2D eigenvalue weighted by molar-refractivity contribution is -0.126. The lowest BCUT2D eigenvalue weighted by atomic mass is 9.71. The number of carbonyl (C=O) groups is 2. The summed E-state index contributed by atoms with van der Waals surface area (Å²) in [6, 6.07) is 14.5. The summed E-state index contributed by atoms with van der Waals surface area (Å²) >= 11 is 6.28. The van der Waals surface area contributed by atoms with Crippen LogP contribution < -0.4 is 5.32 Å². The van der Waals surface area contributed by atoms with Gasteiger partial charge >= 0.3 is 0 Å². The van der Waals surface area contributed by atoms with E-state index in [-0.39, 0.29) is 29.2 Å². The van der Waals surface area contributed by atoms with Crippen LogP contribution in [0.15, 0.2) is 65.3 Å². The van der Waals surface area contributed by atoms with Gasteiger partial charge in [-0.05, 0) is 55.1 Å². The summed E-state index contributed by atoms with van der Waals surface area (Å²) in [6.45, 7) is 0.433. The first-order valence-electron chi connectivity index (χ1n) is 9.59. The van der Waals surface area contributed by atoms with Crippen molar-refractivity contribution in [1.82, 2.24) is 4.90 Å². The number of Topliss-reactive ketones (excluding diaryl/α,β-unsaturated/α-hetero) is 1. The molecular formula is C23H18ClFN2O3. The van der Waals surface area contributed by atoms with E-state index in [4.69, 9.17) is 16.0 Å². The summed E-state index contributed by atoms with van der Waals surface area (Å²) in [4.78, 5) is 29.0. The molecule has 3 aromatic rings. The SMILES string of the molecule is CN1C[C@H](c2ccc(F)cc2)[C@H](C(=O)c2ccco2)[C@]12C(=O)Nc1ccc(Cl)cc12. The van der Waals surface area contributed by atoms with Crippen LogP contribution in [0.1, 0.15) is 27.6 Å². The second-order valence-electron chi connectivity index (χ2n) is 7.77. The van der Waals surface area contributed by atoms with Crippen molar-refractivity contribution in [3.63, 3.8) is 0 Å². The Morgan fingerprint density at radius 3 is 2.70 bits per heavy atom. The number of ketones is 1. The van der Waals surface area contributed by atoms with E-state index in [2.05, 4.69) is 5.32 Å². The number of amides is 1. The highest BCUT2D eigenvalue weighted by Gasteiger charge is 2.64. The smallest absolute Gasteiger partial charge is 0.250 e. The van der Waals surface area contributed by atoms with Gasteiger partial charge in [0.15, 0.2) is 5.76 Å². The van der Waals surface area contributed by atoms with Gasteiger partial charge in [-0.3, -0.25) is 14.5 Å². The number of halogens is 2. The summed E-state index contributed by atoms with van der Waals surface area (Å²) < 4.78 is 19.0. The molecule has 0 saturated carbocycles. The molecule has 1 amide bonds. The number of hydrogen-bond donors (Lipinski definition) is 1. The zero-order valence-corrected chi connectivity index (χ0v) is 16.8. The second-order valence-corrected chi connectivity index (χ2v) is 8.20. The number of fused-ring (bicyclic) bond motifs is 2. The zero-order chi connectivity index (χ0) is 21.0. The highest BCUT2D eigenvalue weighted by atomic mass is 35.5. The quantitative estimate of drug-likeness (QED) is 0.631. The van der Waals surface area contributed by atoms with E-state index < -0.39 is 11.5 Å². The van der Waals surface area contributed by atoms with Crippen LogP contribution in [0.2, 0.25) is 5.02 Å². The first-order chi connectivity index (χ1) is 14.4. The summed E-state index contributed by atoms with van der Waals surface area (Å²) in [5.41, 5.74) is 0.835. The number of likely N-dealkylation sites (N-methyl/N-ethyl adjacent to an activating group) is 1. The minimum absolute atomic E-state index is 0.185. The molecule has 2 aliphatic heterocycles. The predicted octanol–water partition coefficient (Wildman–Crippen LogP) is 4.45. The molecule has 2 aliphatic rings. The number of furan rings is 1. The molecule has 1 spiro atoms. The molecule has 30 heavy (non-hydrogen) atoms. The molecule has 1 fully saturated rings. The topological polar surface area (TPSA) is 62.6 Å². The first kappa shape index (κ1) is 19.0. The number of nitrogens with one attached hydrogen (secondary N) is 1. The molecule has 3 atom stereocenters. The third-order valence-corrected chi connectivity index (χ3v) is 6.49. The van der Waals surface area contributed by atoms with E-state index >= 15 is 0 Å². The van der Waals surface area contributed by atoms with E-state index in [1.54, 1.807) is 42.5 Å². The Bertz CT molecular complexity index is 1150. The van der Waals surface area contributed by atoms with E-state index in [9.17, 15) is 14.0 Å². The average Bonchev–Trinajstić information content (AvgIpc) is 3.42. The fourth-order valence-corrected chi connectivity index (χ4v) is 5.17. The molecule has 2 aromatic carbocycles. The van der Waals surface area contributed by atoms with Crippen molar-refractivity contribution in [2.45, 2.75) is 11.5 Å². The number of carbonyl (C=O) groups excluding carboxylic acids is 2.